The first-order chi connectivity index (χ1) is 12.2. The molecule has 0 bridgehead atoms. The van der Waals surface area contributed by atoms with Gasteiger partial charge in [-0.3, -0.25) is 9.69 Å². The Morgan fingerprint density at radius 1 is 1.27 bits per heavy atom. The summed E-state index contributed by atoms with van der Waals surface area (Å²) in [6, 6.07) is 6.13. The van der Waals surface area contributed by atoms with E-state index in [9.17, 15) is 22.4 Å². The molecule has 1 unspecified atom stereocenters. The van der Waals surface area contributed by atoms with Crippen molar-refractivity contribution in [2.24, 2.45) is 0 Å². The minimum absolute atomic E-state index is 0.0504. The molecule has 3 rings (SSSR count). The highest BCUT2D eigenvalue weighted by molar-refractivity contribution is 6.30. The van der Waals surface area contributed by atoms with Crippen LogP contribution >= 0.6 is 11.6 Å². The fraction of sp³-hybridized carbons (Fsp3) is 0.278. The second-order valence-corrected chi connectivity index (χ2v) is 6.60. The first-order valence-corrected chi connectivity index (χ1v) is 8.18. The number of nitrogens with zero attached hydrogens (tertiary/aromatic N) is 1. The molecular weight excluding hydrogens is 372 g/mol. The van der Waals surface area contributed by atoms with Gasteiger partial charge in [-0.15, -0.1) is 0 Å². The Labute approximate surface area is 152 Å². The lowest BCUT2D eigenvalue weighted by molar-refractivity contribution is -0.187. The Hall–Kier alpha value is -2.12. The molecule has 3 nitrogen and oxygen atoms in total. The van der Waals surface area contributed by atoms with Gasteiger partial charge in [0.1, 0.15) is 11.9 Å². The predicted octanol–water partition coefficient (Wildman–Crippen LogP) is 4.85. The molecular formula is C18H15ClF4N2O. The lowest BCUT2D eigenvalue weighted by atomic mass is 10.0. The van der Waals surface area contributed by atoms with Gasteiger partial charge in [-0.2, -0.15) is 13.2 Å². The van der Waals surface area contributed by atoms with Gasteiger partial charge in [-0.05, 0) is 36.8 Å². The van der Waals surface area contributed by atoms with Gasteiger partial charge in [-0.1, -0.05) is 23.7 Å². The molecule has 1 aliphatic rings. The van der Waals surface area contributed by atoms with Crippen LogP contribution in [0.4, 0.5) is 23.2 Å². The van der Waals surface area contributed by atoms with Crippen LogP contribution in [0.25, 0.3) is 0 Å². The van der Waals surface area contributed by atoms with E-state index in [1.54, 1.807) is 13.0 Å². The van der Waals surface area contributed by atoms with E-state index in [4.69, 9.17) is 11.6 Å². The number of hydrogen-bond acceptors (Lipinski definition) is 2. The van der Waals surface area contributed by atoms with Gasteiger partial charge in [0.2, 0.25) is 5.91 Å². The summed E-state index contributed by atoms with van der Waals surface area (Å²) in [5.74, 6) is -1.21. The van der Waals surface area contributed by atoms with Crippen LogP contribution in [0, 0.1) is 12.7 Å². The maximum absolute atomic E-state index is 14.2. The third-order valence-electron chi connectivity index (χ3n) is 4.32. The number of halogens is 5. The molecule has 0 aliphatic carbocycles. The van der Waals surface area contributed by atoms with Crippen LogP contribution in [0.15, 0.2) is 36.4 Å². The molecule has 0 saturated heterocycles. The summed E-state index contributed by atoms with van der Waals surface area (Å²) in [6.45, 7) is 0.732. The van der Waals surface area contributed by atoms with E-state index in [1.807, 2.05) is 0 Å². The highest BCUT2D eigenvalue weighted by Crippen LogP contribution is 2.43. The molecule has 8 heteroatoms. The average Bonchev–Trinajstić information content (AvgIpc) is 2.65. The van der Waals surface area contributed by atoms with E-state index in [0.29, 0.717) is 5.56 Å². The van der Waals surface area contributed by atoms with Gasteiger partial charge in [0.15, 0.2) is 0 Å². The number of rotatable bonds is 2. The molecule has 0 radical (unpaired) electrons. The van der Waals surface area contributed by atoms with Crippen molar-refractivity contribution in [3.63, 3.8) is 0 Å². The molecule has 138 valence electrons. The monoisotopic (exact) mass is 386 g/mol. The third kappa shape index (κ3) is 3.68. The molecule has 0 fully saturated rings. The van der Waals surface area contributed by atoms with Crippen molar-refractivity contribution in [2.75, 3.05) is 11.9 Å². The van der Waals surface area contributed by atoms with Crippen LogP contribution in [-0.2, 0) is 11.3 Å². The van der Waals surface area contributed by atoms with Gasteiger partial charge in [0.25, 0.3) is 0 Å². The van der Waals surface area contributed by atoms with E-state index >= 15 is 0 Å². The van der Waals surface area contributed by atoms with Crippen LogP contribution in [0.3, 0.4) is 0 Å². The Kier molecular flexibility index (Phi) is 4.94. The smallest absolute Gasteiger partial charge is 0.325 e. The number of alkyl halides is 3. The molecule has 26 heavy (non-hydrogen) atoms. The van der Waals surface area contributed by atoms with Gasteiger partial charge in [0.05, 0.1) is 6.54 Å². The number of nitrogens with one attached hydrogen (secondary N) is 1. The van der Waals surface area contributed by atoms with Crippen LogP contribution in [0.5, 0.6) is 0 Å². The molecule has 1 amide bonds. The number of fused-ring (bicyclic) bond motifs is 1. The van der Waals surface area contributed by atoms with Crippen LogP contribution in [0.2, 0.25) is 5.02 Å². The number of carbonyl (C=O) groups excluding carboxylic acids is 1. The van der Waals surface area contributed by atoms with E-state index in [2.05, 4.69) is 5.32 Å². The van der Waals surface area contributed by atoms with Crippen molar-refractivity contribution in [3.8, 4) is 0 Å². The lowest BCUT2D eigenvalue weighted by Gasteiger charge is -2.32. The first kappa shape index (κ1) is 18.7. The third-order valence-corrected chi connectivity index (χ3v) is 4.55. The summed E-state index contributed by atoms with van der Waals surface area (Å²) < 4.78 is 55.8. The summed E-state index contributed by atoms with van der Waals surface area (Å²) in [5, 5.41) is 2.59. The molecule has 1 N–H and O–H groups in total. The Balaban J connectivity index is 2.11. The zero-order valence-electron chi connectivity index (χ0n) is 13.7. The van der Waals surface area contributed by atoms with Gasteiger partial charge < -0.3 is 5.32 Å². The van der Waals surface area contributed by atoms with Crippen molar-refractivity contribution >= 4 is 23.2 Å². The topological polar surface area (TPSA) is 32.3 Å². The number of amides is 1. The summed E-state index contributed by atoms with van der Waals surface area (Å²) in [5.41, 5.74) is 0.529. The average molecular weight is 387 g/mol. The predicted molar refractivity (Wildman–Crippen MR) is 90.4 cm³/mol. The Morgan fingerprint density at radius 2 is 2.00 bits per heavy atom. The van der Waals surface area contributed by atoms with E-state index < -0.39 is 30.5 Å². The molecule has 0 aromatic heterocycles. The number of hydrogen-bond donors (Lipinski definition) is 1. The number of carbonyl (C=O) groups is 1. The normalized spacial score (nSPS) is 18.2. The molecule has 1 atom stereocenters. The van der Waals surface area contributed by atoms with Crippen molar-refractivity contribution in [1.82, 2.24) is 4.90 Å². The largest absolute Gasteiger partial charge is 0.408 e. The Bertz CT molecular complexity index is 833. The second kappa shape index (κ2) is 6.89. The van der Waals surface area contributed by atoms with Gasteiger partial charge in [-0.25, -0.2) is 4.39 Å². The molecule has 1 heterocycles. The number of aryl methyl sites for hydroxylation is 1. The highest BCUT2D eigenvalue weighted by atomic mass is 35.5. The van der Waals surface area contributed by atoms with Crippen LogP contribution < -0.4 is 5.32 Å². The quantitative estimate of drug-likeness (QED) is 0.749. The number of anilines is 1. The molecule has 0 spiro atoms. The van der Waals surface area contributed by atoms with Crippen LogP contribution in [-0.4, -0.2) is 23.5 Å². The van der Waals surface area contributed by atoms with E-state index in [-0.39, 0.29) is 28.4 Å². The van der Waals surface area contributed by atoms with Crippen molar-refractivity contribution < 1.29 is 22.4 Å². The van der Waals surface area contributed by atoms with E-state index in [0.717, 1.165) is 4.90 Å². The van der Waals surface area contributed by atoms with Crippen molar-refractivity contribution in [3.05, 3.63) is 63.9 Å². The second-order valence-electron chi connectivity index (χ2n) is 6.16. The van der Waals surface area contributed by atoms with E-state index in [1.165, 1.54) is 30.3 Å². The molecule has 0 saturated carbocycles. The molecule has 2 aromatic rings. The maximum Gasteiger partial charge on any atom is 0.408 e. The molecule has 2 aromatic carbocycles. The Morgan fingerprint density at radius 3 is 2.65 bits per heavy atom. The summed E-state index contributed by atoms with van der Waals surface area (Å²) in [6.07, 6.45) is -4.68. The standard InChI is InChI=1S/C18H15ClF4N2O/c1-10-3-2-4-14(20)13(10)8-25-9-16(26)24-15-6-5-11(19)7-12(15)17(25)18(21,22)23/h2-7,17H,8-9H2,1H3,(H,24,26). The fourth-order valence-electron chi connectivity index (χ4n) is 3.14. The minimum atomic E-state index is -4.68. The SMILES string of the molecule is Cc1cccc(F)c1CN1CC(=O)Nc2ccc(Cl)cc2C1C(F)(F)F. The summed E-state index contributed by atoms with van der Waals surface area (Å²) in [7, 11) is 0. The summed E-state index contributed by atoms with van der Waals surface area (Å²) >= 11 is 5.88. The van der Waals surface area contributed by atoms with Crippen LogP contribution in [0.1, 0.15) is 22.7 Å². The van der Waals surface area contributed by atoms with Gasteiger partial charge in [0, 0.05) is 28.4 Å². The minimum Gasteiger partial charge on any atom is -0.325 e. The highest BCUT2D eigenvalue weighted by Gasteiger charge is 2.47. The molecule has 1 aliphatic heterocycles. The van der Waals surface area contributed by atoms with Gasteiger partial charge >= 0.3 is 6.18 Å². The zero-order chi connectivity index (χ0) is 19.1. The summed E-state index contributed by atoms with van der Waals surface area (Å²) in [4.78, 5) is 13.0. The van der Waals surface area contributed by atoms with Crippen molar-refractivity contribution in [2.45, 2.75) is 25.7 Å². The van der Waals surface area contributed by atoms with Crippen molar-refractivity contribution in [1.29, 1.82) is 0 Å². The number of benzene rings is 2. The zero-order valence-corrected chi connectivity index (χ0v) is 14.5. The lowest BCUT2D eigenvalue weighted by Crippen LogP contribution is -2.40. The fourth-order valence-corrected chi connectivity index (χ4v) is 3.32. The maximum atomic E-state index is 14.2. The first-order valence-electron chi connectivity index (χ1n) is 7.81.